The molecule has 4 nitrogen and oxygen atoms in total. The predicted molar refractivity (Wildman–Crippen MR) is 83.8 cm³/mol. The molecule has 130 valence electrons. The number of hydrogen-bond acceptors (Lipinski definition) is 5. The van der Waals surface area contributed by atoms with E-state index in [1.165, 1.54) is 6.92 Å². The summed E-state index contributed by atoms with van der Waals surface area (Å²) in [4.78, 5) is 3.96. The Labute approximate surface area is 142 Å². The SMILES string of the molecule is CC1(CC(F)(F)F)C(N)=N[C@](C)(c2sc(Br)cc2F)CS1(=O)=O. The van der Waals surface area contributed by atoms with Crippen molar-refractivity contribution in [1.82, 2.24) is 0 Å². The second kappa shape index (κ2) is 5.41. The van der Waals surface area contributed by atoms with Crippen LogP contribution in [0.3, 0.4) is 0 Å². The fraction of sp³-hybridized carbons (Fsp3) is 0.583. The summed E-state index contributed by atoms with van der Waals surface area (Å²) in [6.45, 7) is 2.24. The van der Waals surface area contributed by atoms with Crippen LogP contribution < -0.4 is 5.73 Å². The molecular formula is C12H13BrF4N2O2S2. The van der Waals surface area contributed by atoms with Gasteiger partial charge in [-0.3, -0.25) is 4.99 Å². The summed E-state index contributed by atoms with van der Waals surface area (Å²) in [5, 5.41) is 0. The number of alkyl halides is 3. The summed E-state index contributed by atoms with van der Waals surface area (Å²) in [7, 11) is -4.32. The molecule has 23 heavy (non-hydrogen) atoms. The average molecular weight is 437 g/mol. The standard InChI is InChI=1S/C12H13BrF4N2O2S2/c1-10(8-6(14)3-7(13)22-8)5-23(20,21)11(2,9(18)19-10)4-12(15,16)17/h3H,4-5H2,1-2H3,(H2,18,19)/t10-,11?/m0/s1. The fourth-order valence-electron chi connectivity index (χ4n) is 2.51. The van der Waals surface area contributed by atoms with Crippen molar-refractivity contribution in [3.05, 3.63) is 20.5 Å². The van der Waals surface area contributed by atoms with Gasteiger partial charge in [-0.15, -0.1) is 11.3 Å². The molecule has 0 amide bonds. The minimum atomic E-state index is -4.73. The molecule has 0 radical (unpaired) electrons. The topological polar surface area (TPSA) is 72.5 Å². The van der Waals surface area contributed by atoms with Gasteiger partial charge in [0.1, 0.15) is 21.9 Å². The van der Waals surface area contributed by atoms with Crippen LogP contribution in [0.15, 0.2) is 14.8 Å². The van der Waals surface area contributed by atoms with E-state index in [4.69, 9.17) is 5.73 Å². The van der Waals surface area contributed by atoms with E-state index in [1.807, 2.05) is 0 Å². The van der Waals surface area contributed by atoms with Gasteiger partial charge in [0.05, 0.1) is 20.8 Å². The zero-order valence-electron chi connectivity index (χ0n) is 12.0. The van der Waals surface area contributed by atoms with Gasteiger partial charge < -0.3 is 5.73 Å². The Morgan fingerprint density at radius 3 is 2.39 bits per heavy atom. The first-order valence-electron chi connectivity index (χ1n) is 6.30. The molecule has 1 aromatic heterocycles. The van der Waals surface area contributed by atoms with Gasteiger partial charge >= 0.3 is 6.18 Å². The number of thiophene rings is 1. The summed E-state index contributed by atoms with van der Waals surface area (Å²) < 4.78 is 75.3. The first kappa shape index (κ1) is 18.7. The Bertz CT molecular complexity index is 775. The average Bonchev–Trinajstić information content (AvgIpc) is 2.64. The summed E-state index contributed by atoms with van der Waals surface area (Å²) in [6.07, 6.45) is -6.36. The Kier molecular flexibility index (Phi) is 4.39. The highest BCUT2D eigenvalue weighted by molar-refractivity contribution is 9.11. The molecule has 0 fully saturated rings. The zero-order valence-corrected chi connectivity index (χ0v) is 15.3. The van der Waals surface area contributed by atoms with Crippen LogP contribution in [0.1, 0.15) is 25.1 Å². The first-order chi connectivity index (χ1) is 10.2. The monoisotopic (exact) mass is 436 g/mol. The zero-order chi connectivity index (χ0) is 17.8. The fourth-order valence-corrected chi connectivity index (χ4v) is 6.16. The van der Waals surface area contributed by atoms with Gasteiger partial charge in [0, 0.05) is 0 Å². The molecule has 0 spiro atoms. The van der Waals surface area contributed by atoms with Crippen molar-refractivity contribution in [3.63, 3.8) is 0 Å². The second-order valence-corrected chi connectivity index (χ2v) is 10.6. The number of nitrogens with zero attached hydrogens (tertiary/aromatic N) is 1. The molecule has 0 bridgehead atoms. The number of amidine groups is 1. The van der Waals surface area contributed by atoms with Crippen LogP contribution in [0.5, 0.6) is 0 Å². The number of nitrogens with two attached hydrogens (primary N) is 1. The van der Waals surface area contributed by atoms with Crippen molar-refractivity contribution >= 4 is 42.9 Å². The van der Waals surface area contributed by atoms with Gasteiger partial charge in [-0.05, 0) is 35.8 Å². The molecule has 2 N–H and O–H groups in total. The van der Waals surface area contributed by atoms with Crippen LogP contribution in [0.2, 0.25) is 0 Å². The number of halogens is 5. The van der Waals surface area contributed by atoms with E-state index in [0.717, 1.165) is 24.3 Å². The highest BCUT2D eigenvalue weighted by Gasteiger charge is 2.56. The summed E-state index contributed by atoms with van der Waals surface area (Å²) in [5.41, 5.74) is 4.05. The van der Waals surface area contributed by atoms with Crippen molar-refractivity contribution < 1.29 is 26.0 Å². The van der Waals surface area contributed by atoms with Crippen LogP contribution in [0.25, 0.3) is 0 Å². The van der Waals surface area contributed by atoms with Gasteiger partial charge in [-0.25, -0.2) is 12.8 Å². The third-order valence-electron chi connectivity index (χ3n) is 3.75. The molecule has 0 aliphatic carbocycles. The molecule has 2 rings (SSSR count). The molecule has 2 atom stereocenters. The van der Waals surface area contributed by atoms with E-state index in [0.29, 0.717) is 3.79 Å². The van der Waals surface area contributed by atoms with Gasteiger partial charge in [0.15, 0.2) is 9.84 Å². The molecule has 1 aliphatic heterocycles. The van der Waals surface area contributed by atoms with Gasteiger partial charge in [-0.1, -0.05) is 0 Å². The van der Waals surface area contributed by atoms with Crippen molar-refractivity contribution in [1.29, 1.82) is 0 Å². The lowest BCUT2D eigenvalue weighted by Crippen LogP contribution is -2.58. The Morgan fingerprint density at radius 1 is 1.43 bits per heavy atom. The lowest BCUT2D eigenvalue weighted by Gasteiger charge is -2.39. The maximum atomic E-state index is 14.0. The second-order valence-electron chi connectivity index (χ2n) is 5.78. The van der Waals surface area contributed by atoms with Crippen molar-refractivity contribution in [2.24, 2.45) is 10.7 Å². The van der Waals surface area contributed by atoms with E-state index in [-0.39, 0.29) is 4.88 Å². The molecule has 0 saturated carbocycles. The van der Waals surface area contributed by atoms with Crippen LogP contribution >= 0.6 is 27.3 Å². The van der Waals surface area contributed by atoms with Crippen molar-refractivity contribution in [3.8, 4) is 0 Å². The number of sulfone groups is 1. The lowest BCUT2D eigenvalue weighted by atomic mass is 9.99. The highest BCUT2D eigenvalue weighted by Crippen LogP contribution is 2.44. The molecule has 1 unspecified atom stereocenters. The first-order valence-corrected chi connectivity index (χ1v) is 9.56. The summed E-state index contributed by atoms with van der Waals surface area (Å²) >= 11 is 4.01. The highest BCUT2D eigenvalue weighted by atomic mass is 79.9. The number of aliphatic imine (C=N–C) groups is 1. The molecule has 2 heterocycles. The predicted octanol–water partition coefficient (Wildman–Crippen LogP) is 3.36. The Balaban J connectivity index is 2.60. The normalized spacial score (nSPS) is 31.0. The summed E-state index contributed by atoms with van der Waals surface area (Å²) in [5.74, 6) is -2.10. The maximum Gasteiger partial charge on any atom is 0.391 e. The van der Waals surface area contributed by atoms with E-state index in [1.54, 1.807) is 0 Å². The van der Waals surface area contributed by atoms with Crippen LogP contribution in [-0.4, -0.2) is 30.9 Å². The van der Waals surface area contributed by atoms with Crippen molar-refractivity contribution in [2.45, 2.75) is 36.7 Å². The largest absolute Gasteiger partial charge is 0.391 e. The summed E-state index contributed by atoms with van der Waals surface area (Å²) in [6, 6.07) is 1.15. The lowest BCUT2D eigenvalue weighted by molar-refractivity contribution is -0.137. The van der Waals surface area contributed by atoms with E-state index < -0.39 is 50.1 Å². The molecular weight excluding hydrogens is 424 g/mol. The quantitative estimate of drug-likeness (QED) is 0.722. The van der Waals surface area contributed by atoms with Crippen LogP contribution in [0.4, 0.5) is 17.6 Å². The Hall–Kier alpha value is -0.680. The van der Waals surface area contributed by atoms with Gasteiger partial charge in [-0.2, -0.15) is 13.2 Å². The van der Waals surface area contributed by atoms with E-state index >= 15 is 0 Å². The molecule has 1 aromatic rings. The molecule has 0 saturated heterocycles. The number of rotatable bonds is 2. The maximum absolute atomic E-state index is 14.0. The van der Waals surface area contributed by atoms with Crippen LogP contribution in [-0.2, 0) is 15.4 Å². The minimum Gasteiger partial charge on any atom is -0.386 e. The molecule has 11 heteroatoms. The third kappa shape index (κ3) is 3.27. The third-order valence-corrected chi connectivity index (χ3v) is 8.28. The Morgan fingerprint density at radius 2 is 2.00 bits per heavy atom. The van der Waals surface area contributed by atoms with Gasteiger partial charge in [0.25, 0.3) is 0 Å². The van der Waals surface area contributed by atoms with Crippen molar-refractivity contribution in [2.75, 3.05) is 5.75 Å². The molecule has 1 aliphatic rings. The van der Waals surface area contributed by atoms with E-state index in [2.05, 4.69) is 20.9 Å². The van der Waals surface area contributed by atoms with Gasteiger partial charge in [0.2, 0.25) is 0 Å². The smallest absolute Gasteiger partial charge is 0.386 e. The van der Waals surface area contributed by atoms with Crippen LogP contribution in [0, 0.1) is 5.82 Å². The van der Waals surface area contributed by atoms with E-state index in [9.17, 15) is 26.0 Å². The minimum absolute atomic E-state index is 0.00459. The molecule has 0 aromatic carbocycles. The number of hydrogen-bond donors (Lipinski definition) is 1.